The van der Waals surface area contributed by atoms with Gasteiger partial charge in [-0.3, -0.25) is 14.5 Å². The first-order chi connectivity index (χ1) is 13.0. The molecule has 2 aromatic rings. The predicted octanol–water partition coefficient (Wildman–Crippen LogP) is 2.81. The van der Waals surface area contributed by atoms with Crippen LogP contribution in [0.15, 0.2) is 16.8 Å². The van der Waals surface area contributed by atoms with Gasteiger partial charge >= 0.3 is 0 Å². The average Bonchev–Trinajstić information content (AvgIpc) is 3.32. The number of hydrogen-bond acceptors (Lipinski definition) is 6. The van der Waals surface area contributed by atoms with Gasteiger partial charge in [-0.1, -0.05) is 0 Å². The molecule has 0 saturated carbocycles. The van der Waals surface area contributed by atoms with Crippen LogP contribution in [0.4, 0.5) is 0 Å². The fourth-order valence-electron chi connectivity index (χ4n) is 3.22. The number of nitrogens with zero attached hydrogens (tertiary/aromatic N) is 4. The number of aromatic nitrogens is 1. The Morgan fingerprint density at radius 1 is 1.19 bits per heavy atom. The zero-order chi connectivity index (χ0) is 19.4. The van der Waals surface area contributed by atoms with E-state index in [2.05, 4.69) is 15.3 Å². The highest BCUT2D eigenvalue weighted by Gasteiger charge is 2.27. The summed E-state index contributed by atoms with van der Waals surface area (Å²) in [5.74, 6) is 0.222. The van der Waals surface area contributed by atoms with Gasteiger partial charge < -0.3 is 9.80 Å². The quantitative estimate of drug-likeness (QED) is 0.740. The molecule has 0 spiro atoms. The Balaban J connectivity index is 1.58. The Kier molecular flexibility index (Phi) is 6.62. The molecule has 2 aromatic heterocycles. The molecular formula is C19H26N4O2S2. The van der Waals surface area contributed by atoms with Crippen molar-refractivity contribution in [2.24, 2.45) is 0 Å². The van der Waals surface area contributed by atoms with Crippen LogP contribution in [0.5, 0.6) is 0 Å². The molecule has 3 rings (SSSR count). The van der Waals surface area contributed by atoms with Gasteiger partial charge in [-0.2, -0.15) is 11.3 Å². The van der Waals surface area contributed by atoms with E-state index in [1.165, 1.54) is 11.3 Å². The van der Waals surface area contributed by atoms with Crippen LogP contribution in [0.25, 0.3) is 10.6 Å². The van der Waals surface area contributed by atoms with E-state index >= 15 is 0 Å². The van der Waals surface area contributed by atoms with E-state index < -0.39 is 0 Å². The summed E-state index contributed by atoms with van der Waals surface area (Å²) >= 11 is 3.10. The maximum absolute atomic E-state index is 12.9. The highest BCUT2D eigenvalue weighted by Crippen LogP contribution is 2.30. The Morgan fingerprint density at radius 3 is 2.48 bits per heavy atom. The third-order valence-corrected chi connectivity index (χ3v) is 6.77. The van der Waals surface area contributed by atoms with E-state index in [-0.39, 0.29) is 11.8 Å². The van der Waals surface area contributed by atoms with Crippen molar-refractivity contribution < 1.29 is 9.59 Å². The third-order valence-electron chi connectivity index (χ3n) is 4.89. The standard InChI is InChI=1S/C19H26N4O2S2/c1-4-22(5-2)16(24)12-21-7-9-23(10-8-21)19(25)17-14(3)20-18(27-17)15-6-11-26-13-15/h6,11,13H,4-5,7-10,12H2,1-3H3. The van der Waals surface area contributed by atoms with Gasteiger partial charge in [-0.25, -0.2) is 4.98 Å². The second-order valence-electron chi connectivity index (χ2n) is 6.58. The van der Waals surface area contributed by atoms with Crippen LogP contribution < -0.4 is 0 Å². The number of piperazine rings is 1. The maximum atomic E-state index is 12.9. The first-order valence-corrected chi connectivity index (χ1v) is 11.1. The topological polar surface area (TPSA) is 56.8 Å². The number of amides is 2. The smallest absolute Gasteiger partial charge is 0.265 e. The highest BCUT2D eigenvalue weighted by atomic mass is 32.1. The molecule has 0 aromatic carbocycles. The molecule has 1 saturated heterocycles. The van der Waals surface area contributed by atoms with Crippen LogP contribution in [-0.2, 0) is 4.79 Å². The Hall–Kier alpha value is -1.77. The molecule has 0 radical (unpaired) electrons. The van der Waals surface area contributed by atoms with Gasteiger partial charge in [0.25, 0.3) is 5.91 Å². The predicted molar refractivity (Wildman–Crippen MR) is 110 cm³/mol. The van der Waals surface area contributed by atoms with Crippen LogP contribution in [0, 0.1) is 6.92 Å². The second-order valence-corrected chi connectivity index (χ2v) is 8.36. The molecule has 8 heteroatoms. The molecule has 0 unspecified atom stereocenters. The van der Waals surface area contributed by atoms with E-state index in [1.54, 1.807) is 11.3 Å². The van der Waals surface area contributed by atoms with Crippen molar-refractivity contribution in [2.45, 2.75) is 20.8 Å². The zero-order valence-corrected chi connectivity index (χ0v) is 17.7. The molecule has 0 N–H and O–H groups in total. The van der Waals surface area contributed by atoms with Crippen LogP contribution in [0.2, 0.25) is 0 Å². The molecule has 0 bridgehead atoms. The second kappa shape index (κ2) is 8.95. The molecule has 2 amide bonds. The number of likely N-dealkylation sites (N-methyl/N-ethyl adjacent to an activating group) is 1. The largest absolute Gasteiger partial charge is 0.342 e. The lowest BCUT2D eigenvalue weighted by Gasteiger charge is -2.35. The lowest BCUT2D eigenvalue weighted by molar-refractivity contribution is -0.132. The Morgan fingerprint density at radius 2 is 1.89 bits per heavy atom. The van der Waals surface area contributed by atoms with Crippen LogP contribution in [0.3, 0.4) is 0 Å². The van der Waals surface area contributed by atoms with Crippen molar-refractivity contribution in [3.05, 3.63) is 27.4 Å². The number of thiazole rings is 1. The van der Waals surface area contributed by atoms with Crippen LogP contribution in [0.1, 0.15) is 29.2 Å². The van der Waals surface area contributed by atoms with E-state index in [0.717, 1.165) is 47.3 Å². The molecule has 0 aliphatic carbocycles. The molecule has 6 nitrogen and oxygen atoms in total. The first-order valence-electron chi connectivity index (χ1n) is 9.32. The van der Waals surface area contributed by atoms with Gasteiger partial charge in [0, 0.05) is 50.2 Å². The summed E-state index contributed by atoms with van der Waals surface area (Å²) in [6, 6.07) is 2.03. The van der Waals surface area contributed by atoms with Crippen LogP contribution in [-0.4, -0.2) is 77.3 Å². The van der Waals surface area contributed by atoms with Gasteiger partial charge in [0.15, 0.2) is 0 Å². The minimum atomic E-state index is 0.0567. The summed E-state index contributed by atoms with van der Waals surface area (Å²) in [5.41, 5.74) is 1.87. The summed E-state index contributed by atoms with van der Waals surface area (Å²) in [7, 11) is 0. The Bertz CT molecular complexity index is 776. The van der Waals surface area contributed by atoms with Gasteiger partial charge in [-0.05, 0) is 32.2 Å². The molecular weight excluding hydrogens is 380 g/mol. The summed E-state index contributed by atoms with van der Waals surface area (Å²) < 4.78 is 0. The van der Waals surface area contributed by atoms with Crippen molar-refractivity contribution in [1.29, 1.82) is 0 Å². The number of aryl methyl sites for hydroxylation is 1. The minimum Gasteiger partial charge on any atom is -0.342 e. The van der Waals surface area contributed by atoms with E-state index in [4.69, 9.17) is 0 Å². The molecule has 1 aliphatic rings. The molecule has 27 heavy (non-hydrogen) atoms. The number of thiophene rings is 1. The number of hydrogen-bond donors (Lipinski definition) is 0. The lowest BCUT2D eigenvalue weighted by atomic mass is 10.2. The van der Waals surface area contributed by atoms with Gasteiger partial charge in [0.2, 0.25) is 5.91 Å². The fourth-order valence-corrected chi connectivity index (χ4v) is 4.97. The normalized spacial score (nSPS) is 15.1. The summed E-state index contributed by atoms with van der Waals surface area (Å²) in [6.45, 7) is 10.6. The number of rotatable bonds is 6. The lowest BCUT2D eigenvalue weighted by Crippen LogP contribution is -2.51. The van der Waals surface area contributed by atoms with E-state index in [1.807, 2.05) is 42.0 Å². The van der Waals surface area contributed by atoms with Crippen molar-refractivity contribution in [1.82, 2.24) is 19.7 Å². The fraction of sp³-hybridized carbons (Fsp3) is 0.526. The molecule has 0 atom stereocenters. The minimum absolute atomic E-state index is 0.0567. The molecule has 1 fully saturated rings. The summed E-state index contributed by atoms with van der Waals surface area (Å²) in [6.07, 6.45) is 0. The van der Waals surface area contributed by atoms with E-state index in [9.17, 15) is 9.59 Å². The van der Waals surface area contributed by atoms with Crippen molar-refractivity contribution >= 4 is 34.5 Å². The number of carbonyl (C=O) groups is 2. The summed E-state index contributed by atoms with van der Waals surface area (Å²) in [5, 5.41) is 4.98. The maximum Gasteiger partial charge on any atom is 0.265 e. The molecule has 1 aliphatic heterocycles. The van der Waals surface area contributed by atoms with Crippen molar-refractivity contribution in [3.63, 3.8) is 0 Å². The van der Waals surface area contributed by atoms with Crippen molar-refractivity contribution in [3.8, 4) is 10.6 Å². The number of carbonyl (C=O) groups excluding carboxylic acids is 2. The van der Waals surface area contributed by atoms with Gasteiger partial charge in [0.1, 0.15) is 9.88 Å². The first kappa shape index (κ1) is 20.0. The average molecular weight is 407 g/mol. The highest BCUT2D eigenvalue weighted by molar-refractivity contribution is 7.17. The molecule has 3 heterocycles. The monoisotopic (exact) mass is 406 g/mol. The molecule has 146 valence electrons. The van der Waals surface area contributed by atoms with Gasteiger partial charge in [0.05, 0.1) is 12.2 Å². The van der Waals surface area contributed by atoms with Gasteiger partial charge in [-0.15, -0.1) is 11.3 Å². The summed E-state index contributed by atoms with van der Waals surface area (Å²) in [4.78, 5) is 36.4. The zero-order valence-electron chi connectivity index (χ0n) is 16.1. The SMILES string of the molecule is CCN(CC)C(=O)CN1CCN(C(=O)c2sc(-c3ccsc3)nc2C)CC1. The van der Waals surface area contributed by atoms with Crippen molar-refractivity contribution in [2.75, 3.05) is 45.8 Å². The Labute approximate surface area is 168 Å². The third kappa shape index (κ3) is 4.56. The van der Waals surface area contributed by atoms with E-state index in [0.29, 0.717) is 19.6 Å². The van der Waals surface area contributed by atoms with Crippen LogP contribution >= 0.6 is 22.7 Å².